The fourth-order valence-corrected chi connectivity index (χ4v) is 4.33. The summed E-state index contributed by atoms with van der Waals surface area (Å²) >= 11 is 0. The second-order valence-electron chi connectivity index (χ2n) is 12.6. The van der Waals surface area contributed by atoms with Crippen LogP contribution in [0.15, 0.2) is 0 Å². The van der Waals surface area contributed by atoms with Gasteiger partial charge < -0.3 is 47.7 Å². The molecule has 0 saturated carbocycles. The van der Waals surface area contributed by atoms with Gasteiger partial charge in [-0.15, -0.1) is 0 Å². The number of hydrogen-bond acceptors (Lipinski definition) is 10. The van der Waals surface area contributed by atoms with Crippen LogP contribution in [0.5, 0.6) is 0 Å². The van der Waals surface area contributed by atoms with Gasteiger partial charge in [-0.25, -0.2) is 0 Å². The van der Waals surface area contributed by atoms with E-state index >= 15 is 0 Å². The van der Waals surface area contributed by atoms with E-state index in [4.69, 9.17) is 47.7 Å². The lowest BCUT2D eigenvalue weighted by Crippen LogP contribution is -2.29. The molecule has 0 saturated heterocycles. The molecule has 0 radical (unpaired) electrons. The van der Waals surface area contributed by atoms with Gasteiger partial charge >= 0.3 is 0 Å². The number of unbranched alkanes of at least 4 members (excludes halogenated alkanes) is 9. The second-order valence-corrected chi connectivity index (χ2v) is 12.6. The zero-order valence-electron chi connectivity index (χ0n) is 30.8. The van der Waals surface area contributed by atoms with Crippen LogP contribution in [-0.4, -0.2) is 128 Å². The van der Waals surface area contributed by atoms with Crippen molar-refractivity contribution in [1.29, 1.82) is 0 Å². The molecule has 0 rings (SSSR count). The van der Waals surface area contributed by atoms with Gasteiger partial charge in [-0.3, -0.25) is 0 Å². The fraction of sp³-hybridized carbons (Fsp3) is 1.00. The minimum Gasteiger partial charge on any atom is -0.394 e. The van der Waals surface area contributed by atoms with Crippen LogP contribution in [0.4, 0.5) is 0 Å². The van der Waals surface area contributed by atoms with E-state index in [1.165, 1.54) is 57.8 Å². The maximum absolute atomic E-state index is 9.02. The molecule has 0 bridgehead atoms. The van der Waals surface area contributed by atoms with Crippen molar-refractivity contribution >= 4 is 0 Å². The van der Waals surface area contributed by atoms with Crippen molar-refractivity contribution < 1.29 is 47.7 Å². The van der Waals surface area contributed by atoms with Gasteiger partial charge in [-0.1, -0.05) is 64.7 Å². The number of hydrogen-bond donors (Lipinski definition) is 1. The molecule has 0 aromatic heterocycles. The standard InChI is InChI=1S/C36H74O10/c1-8-9-10-11-12-13-14-15-16-17-18-38-19-20-39-21-22-40-23-24-41-32(3)26-43-34(5)28-45-36(7)30-46-35(6)29-44-33(4)27-42-31(2)25-37/h31-37H,8-30H2,1-7H3. The number of aliphatic hydroxyl groups excluding tert-OH is 1. The largest absolute Gasteiger partial charge is 0.394 e. The van der Waals surface area contributed by atoms with Crippen molar-refractivity contribution in [3.05, 3.63) is 0 Å². The summed E-state index contributed by atoms with van der Waals surface area (Å²) in [4.78, 5) is 0. The van der Waals surface area contributed by atoms with Crippen LogP contribution >= 0.6 is 0 Å². The quantitative estimate of drug-likeness (QED) is 0.0752. The van der Waals surface area contributed by atoms with Crippen molar-refractivity contribution in [3.8, 4) is 0 Å². The molecule has 6 unspecified atom stereocenters. The summed E-state index contributed by atoms with van der Waals surface area (Å²) in [5.74, 6) is 0. The van der Waals surface area contributed by atoms with Crippen LogP contribution in [0.3, 0.4) is 0 Å². The highest BCUT2D eigenvalue weighted by atomic mass is 16.6. The van der Waals surface area contributed by atoms with Crippen LogP contribution in [0, 0.1) is 0 Å². The number of rotatable bonds is 37. The summed E-state index contributed by atoms with van der Waals surface area (Å²) in [5.41, 5.74) is 0. The third-order valence-corrected chi connectivity index (χ3v) is 7.35. The van der Waals surface area contributed by atoms with Gasteiger partial charge in [-0.2, -0.15) is 0 Å². The summed E-state index contributed by atoms with van der Waals surface area (Å²) in [6.45, 7) is 20.6. The van der Waals surface area contributed by atoms with E-state index in [0.717, 1.165) is 13.0 Å². The predicted molar refractivity (Wildman–Crippen MR) is 184 cm³/mol. The van der Waals surface area contributed by atoms with Crippen molar-refractivity contribution in [2.24, 2.45) is 0 Å². The maximum atomic E-state index is 9.02. The van der Waals surface area contributed by atoms with Crippen molar-refractivity contribution in [2.75, 3.05) is 85.9 Å². The first-order valence-corrected chi connectivity index (χ1v) is 18.3. The van der Waals surface area contributed by atoms with E-state index in [1.807, 2.05) is 41.5 Å². The van der Waals surface area contributed by atoms with Crippen LogP contribution in [0.2, 0.25) is 0 Å². The molecule has 0 spiro atoms. The van der Waals surface area contributed by atoms with Gasteiger partial charge in [-0.05, 0) is 48.0 Å². The van der Waals surface area contributed by atoms with Gasteiger partial charge in [0.1, 0.15) is 0 Å². The molecule has 0 aromatic rings. The minimum atomic E-state index is -0.185. The van der Waals surface area contributed by atoms with Crippen LogP contribution in [-0.2, 0) is 42.6 Å². The lowest BCUT2D eigenvalue weighted by Gasteiger charge is -2.22. The summed E-state index contributed by atoms with van der Waals surface area (Å²) in [6.07, 6.45) is 12.9. The summed E-state index contributed by atoms with van der Waals surface area (Å²) < 4.78 is 51.5. The SMILES string of the molecule is CCCCCCCCCCCCOCCOCCOCCOC(C)COC(C)COC(C)COC(C)COC(C)COC(C)CO. The Balaban J connectivity index is 3.48. The molecule has 0 aliphatic heterocycles. The Morgan fingerprint density at radius 3 is 1.04 bits per heavy atom. The molecule has 0 aliphatic rings. The van der Waals surface area contributed by atoms with E-state index < -0.39 is 0 Å². The van der Waals surface area contributed by atoms with Gasteiger partial charge in [0.2, 0.25) is 0 Å². The normalized spacial score (nSPS) is 15.9. The highest BCUT2D eigenvalue weighted by Crippen LogP contribution is 2.10. The van der Waals surface area contributed by atoms with E-state index in [2.05, 4.69) is 6.92 Å². The van der Waals surface area contributed by atoms with Gasteiger partial charge in [0, 0.05) is 6.61 Å². The minimum absolute atomic E-state index is 0.00339. The number of aliphatic hydroxyl groups is 1. The third-order valence-electron chi connectivity index (χ3n) is 7.35. The molecular formula is C36H74O10. The van der Waals surface area contributed by atoms with Crippen LogP contribution in [0.25, 0.3) is 0 Å². The Labute approximate surface area is 282 Å². The molecule has 0 amide bonds. The molecule has 10 nitrogen and oxygen atoms in total. The monoisotopic (exact) mass is 667 g/mol. The lowest BCUT2D eigenvalue weighted by molar-refractivity contribution is -0.104. The van der Waals surface area contributed by atoms with Gasteiger partial charge in [0.05, 0.1) is 116 Å². The average Bonchev–Trinajstić information content (AvgIpc) is 3.05. The highest BCUT2D eigenvalue weighted by Gasteiger charge is 2.13. The summed E-state index contributed by atoms with van der Waals surface area (Å²) in [6, 6.07) is 0. The molecule has 0 heterocycles. The fourth-order valence-electron chi connectivity index (χ4n) is 4.33. The van der Waals surface area contributed by atoms with E-state index in [9.17, 15) is 0 Å². The van der Waals surface area contributed by atoms with E-state index in [1.54, 1.807) is 0 Å². The Morgan fingerprint density at radius 2 is 0.652 bits per heavy atom. The van der Waals surface area contributed by atoms with Crippen LogP contribution in [0.1, 0.15) is 113 Å². The molecule has 0 fully saturated rings. The van der Waals surface area contributed by atoms with Gasteiger partial charge in [0.15, 0.2) is 0 Å². The first-order chi connectivity index (χ1) is 22.3. The summed E-state index contributed by atoms with van der Waals surface area (Å²) in [5, 5.41) is 9.02. The Hall–Kier alpha value is -0.400. The Kier molecular flexibility index (Phi) is 34.2. The topological polar surface area (TPSA) is 103 Å². The van der Waals surface area contributed by atoms with E-state index in [-0.39, 0.29) is 43.2 Å². The molecule has 6 atom stereocenters. The molecule has 0 aromatic carbocycles. The molecule has 1 N–H and O–H groups in total. The third kappa shape index (κ3) is 33.5. The molecule has 10 heteroatoms. The smallest absolute Gasteiger partial charge is 0.0781 e. The number of ether oxygens (including phenoxy) is 9. The van der Waals surface area contributed by atoms with E-state index in [0.29, 0.717) is 72.7 Å². The zero-order valence-corrected chi connectivity index (χ0v) is 30.8. The van der Waals surface area contributed by atoms with Gasteiger partial charge in [0.25, 0.3) is 0 Å². The Bertz CT molecular complexity index is 599. The first kappa shape index (κ1) is 45.6. The maximum Gasteiger partial charge on any atom is 0.0781 e. The predicted octanol–water partition coefficient (Wildman–Crippen LogP) is 6.38. The van der Waals surface area contributed by atoms with Crippen molar-refractivity contribution in [2.45, 2.75) is 149 Å². The Morgan fingerprint density at radius 1 is 0.348 bits per heavy atom. The molecular weight excluding hydrogens is 592 g/mol. The molecule has 0 aliphatic carbocycles. The molecule has 46 heavy (non-hydrogen) atoms. The zero-order chi connectivity index (χ0) is 34.1. The van der Waals surface area contributed by atoms with Crippen LogP contribution < -0.4 is 0 Å². The van der Waals surface area contributed by atoms with Crippen molar-refractivity contribution in [3.63, 3.8) is 0 Å². The summed E-state index contributed by atoms with van der Waals surface area (Å²) in [7, 11) is 0. The van der Waals surface area contributed by atoms with Crippen molar-refractivity contribution in [1.82, 2.24) is 0 Å². The second kappa shape index (κ2) is 34.5. The lowest BCUT2D eigenvalue weighted by atomic mass is 10.1. The first-order valence-electron chi connectivity index (χ1n) is 18.3. The highest BCUT2D eigenvalue weighted by molar-refractivity contribution is 4.58. The molecule has 278 valence electrons. The average molecular weight is 667 g/mol.